The van der Waals surface area contributed by atoms with E-state index in [1.165, 1.54) is 80.5 Å². The highest BCUT2D eigenvalue weighted by molar-refractivity contribution is 5.72. The molecule has 0 unspecified atom stereocenters. The predicted molar refractivity (Wildman–Crippen MR) is 153 cm³/mol. The maximum absolute atomic E-state index is 6.26. The van der Waals surface area contributed by atoms with Crippen molar-refractivity contribution in [2.45, 2.75) is 78.4 Å². The second-order valence-corrected chi connectivity index (χ2v) is 11.9. The van der Waals surface area contributed by atoms with Crippen LogP contribution in [0, 0.1) is 5.92 Å². The van der Waals surface area contributed by atoms with Crippen LogP contribution >= 0.6 is 0 Å². The molecular formula is C33H46N2O2. The third-order valence-corrected chi connectivity index (χ3v) is 8.66. The molecule has 4 heteroatoms. The van der Waals surface area contributed by atoms with Crippen molar-refractivity contribution in [2.75, 3.05) is 39.8 Å². The van der Waals surface area contributed by atoms with Crippen molar-refractivity contribution in [1.29, 1.82) is 0 Å². The standard InChI is InChI=1S/C33H46N2O2/c1-24(2)18-26-9-10-29(33(19-26)36-4)23-37-31-13-14-32-25(3)28(12-11-27(32)20-31)21-35-17-7-8-30(35)22-34-15-5-6-16-34/h9-10,13-14,19-20,24,30H,5-8,11-12,15-18,21-23H2,1-4H3/t30-/m0/s1. The van der Waals surface area contributed by atoms with Crippen molar-refractivity contribution in [3.05, 3.63) is 64.2 Å². The maximum atomic E-state index is 6.26. The first-order valence-electron chi connectivity index (χ1n) is 14.6. The maximum Gasteiger partial charge on any atom is 0.125 e. The number of aryl methyl sites for hydroxylation is 1. The fourth-order valence-electron chi connectivity index (χ4n) is 6.58. The van der Waals surface area contributed by atoms with E-state index >= 15 is 0 Å². The predicted octanol–water partition coefficient (Wildman–Crippen LogP) is 6.75. The molecule has 2 aromatic rings. The van der Waals surface area contributed by atoms with Crippen molar-refractivity contribution >= 4 is 5.57 Å². The zero-order valence-corrected chi connectivity index (χ0v) is 23.5. The number of methoxy groups -OCH3 is 1. The Morgan fingerprint density at radius 2 is 1.81 bits per heavy atom. The Balaban J connectivity index is 1.22. The second-order valence-electron chi connectivity index (χ2n) is 11.9. The number of hydrogen-bond donors (Lipinski definition) is 0. The fourth-order valence-corrected chi connectivity index (χ4v) is 6.58. The molecule has 0 bridgehead atoms. The highest BCUT2D eigenvalue weighted by Crippen LogP contribution is 2.35. The number of hydrogen-bond acceptors (Lipinski definition) is 4. The Labute approximate surface area is 224 Å². The summed E-state index contributed by atoms with van der Waals surface area (Å²) in [4.78, 5) is 5.47. The van der Waals surface area contributed by atoms with Gasteiger partial charge < -0.3 is 14.4 Å². The van der Waals surface area contributed by atoms with Crippen molar-refractivity contribution in [3.63, 3.8) is 0 Å². The van der Waals surface area contributed by atoms with Gasteiger partial charge in [0.1, 0.15) is 18.1 Å². The molecule has 0 N–H and O–H groups in total. The molecule has 5 rings (SSSR count). The molecule has 1 atom stereocenters. The van der Waals surface area contributed by atoms with Gasteiger partial charge in [-0.25, -0.2) is 0 Å². The average molecular weight is 503 g/mol. The van der Waals surface area contributed by atoms with Gasteiger partial charge in [0.2, 0.25) is 0 Å². The summed E-state index contributed by atoms with van der Waals surface area (Å²) in [5.41, 5.74) is 8.38. The molecule has 3 aliphatic rings. The molecule has 0 amide bonds. The number of nitrogens with zero attached hydrogens (tertiary/aromatic N) is 2. The van der Waals surface area contributed by atoms with Crippen LogP contribution in [0.4, 0.5) is 0 Å². The van der Waals surface area contributed by atoms with Gasteiger partial charge in [-0.2, -0.15) is 0 Å². The van der Waals surface area contributed by atoms with E-state index in [9.17, 15) is 0 Å². The topological polar surface area (TPSA) is 24.9 Å². The van der Waals surface area contributed by atoms with Crippen LogP contribution < -0.4 is 9.47 Å². The van der Waals surface area contributed by atoms with Crippen molar-refractivity contribution in [3.8, 4) is 11.5 Å². The van der Waals surface area contributed by atoms with Crippen LogP contribution in [0.2, 0.25) is 0 Å². The van der Waals surface area contributed by atoms with E-state index in [2.05, 4.69) is 67.0 Å². The molecule has 0 saturated carbocycles. The minimum atomic E-state index is 0.525. The number of allylic oxidation sites excluding steroid dienone is 1. The Morgan fingerprint density at radius 1 is 0.973 bits per heavy atom. The van der Waals surface area contributed by atoms with Gasteiger partial charge >= 0.3 is 0 Å². The molecule has 0 spiro atoms. The summed E-state index contributed by atoms with van der Waals surface area (Å²) in [5.74, 6) is 2.50. The lowest BCUT2D eigenvalue weighted by Gasteiger charge is -2.31. The third-order valence-electron chi connectivity index (χ3n) is 8.66. The largest absolute Gasteiger partial charge is 0.496 e. The summed E-state index contributed by atoms with van der Waals surface area (Å²) < 4.78 is 11.9. The molecule has 0 radical (unpaired) electrons. The summed E-state index contributed by atoms with van der Waals surface area (Å²) in [6, 6.07) is 14.0. The first kappa shape index (κ1) is 26.3. The number of likely N-dealkylation sites (tertiary alicyclic amines) is 2. The molecule has 37 heavy (non-hydrogen) atoms. The summed E-state index contributed by atoms with van der Waals surface area (Å²) >= 11 is 0. The van der Waals surface area contributed by atoms with E-state index in [4.69, 9.17) is 9.47 Å². The molecule has 2 fully saturated rings. The van der Waals surface area contributed by atoms with Crippen molar-refractivity contribution < 1.29 is 9.47 Å². The zero-order chi connectivity index (χ0) is 25.8. The summed E-state index contributed by atoms with van der Waals surface area (Å²) in [5, 5.41) is 0. The first-order valence-corrected chi connectivity index (χ1v) is 14.6. The lowest BCUT2D eigenvalue weighted by Crippen LogP contribution is -2.40. The van der Waals surface area contributed by atoms with E-state index in [0.29, 0.717) is 12.5 Å². The van der Waals surface area contributed by atoms with E-state index in [-0.39, 0.29) is 0 Å². The number of rotatable bonds is 10. The smallest absolute Gasteiger partial charge is 0.125 e. The summed E-state index contributed by atoms with van der Waals surface area (Å²) in [6.45, 7) is 13.6. The highest BCUT2D eigenvalue weighted by Gasteiger charge is 2.29. The molecule has 0 aromatic heterocycles. The quantitative estimate of drug-likeness (QED) is 0.359. The van der Waals surface area contributed by atoms with E-state index in [0.717, 1.165) is 42.5 Å². The Hall–Kier alpha value is -2.30. The number of fused-ring (bicyclic) bond motifs is 1. The molecule has 200 valence electrons. The van der Waals surface area contributed by atoms with Crippen molar-refractivity contribution in [2.24, 2.45) is 5.92 Å². The van der Waals surface area contributed by atoms with Gasteiger partial charge in [-0.3, -0.25) is 4.90 Å². The molecule has 4 nitrogen and oxygen atoms in total. The zero-order valence-electron chi connectivity index (χ0n) is 23.5. The van der Waals surface area contributed by atoms with Gasteiger partial charge in [0.25, 0.3) is 0 Å². The van der Waals surface area contributed by atoms with E-state index < -0.39 is 0 Å². The van der Waals surface area contributed by atoms with Gasteiger partial charge in [-0.05, 0) is 118 Å². The normalized spacial score (nSPS) is 20.6. The molecule has 2 heterocycles. The number of benzene rings is 2. The molecule has 2 aromatic carbocycles. The molecule has 2 saturated heterocycles. The minimum absolute atomic E-state index is 0.525. The molecule has 1 aliphatic carbocycles. The second kappa shape index (κ2) is 12.0. The van der Waals surface area contributed by atoms with Gasteiger partial charge in [-0.15, -0.1) is 0 Å². The van der Waals surface area contributed by atoms with Gasteiger partial charge in [0.05, 0.1) is 7.11 Å². The highest BCUT2D eigenvalue weighted by atomic mass is 16.5. The Bertz CT molecular complexity index is 1100. The van der Waals surface area contributed by atoms with Crippen LogP contribution in [0.15, 0.2) is 42.0 Å². The summed E-state index contributed by atoms with van der Waals surface area (Å²) in [6.07, 6.45) is 8.83. The minimum Gasteiger partial charge on any atom is -0.496 e. The Kier molecular flexibility index (Phi) is 8.56. The fraction of sp³-hybridized carbons (Fsp3) is 0.576. The Morgan fingerprint density at radius 3 is 2.59 bits per heavy atom. The van der Waals surface area contributed by atoms with Crippen LogP contribution in [0.25, 0.3) is 5.57 Å². The summed E-state index contributed by atoms with van der Waals surface area (Å²) in [7, 11) is 1.75. The SMILES string of the molecule is COc1cc(CC(C)C)ccc1COc1ccc2c(c1)CCC(CN1CCC[C@H]1CN1CCCC1)=C2C. The number of ether oxygens (including phenoxy) is 2. The van der Waals surface area contributed by atoms with Crippen LogP contribution in [0.5, 0.6) is 11.5 Å². The van der Waals surface area contributed by atoms with Crippen LogP contribution in [0.1, 0.15) is 75.1 Å². The van der Waals surface area contributed by atoms with Gasteiger partial charge in [0.15, 0.2) is 0 Å². The lowest BCUT2D eigenvalue weighted by atomic mass is 9.86. The third kappa shape index (κ3) is 6.41. The van der Waals surface area contributed by atoms with Crippen LogP contribution in [0.3, 0.4) is 0 Å². The van der Waals surface area contributed by atoms with E-state index in [1.54, 1.807) is 12.7 Å². The van der Waals surface area contributed by atoms with Crippen molar-refractivity contribution in [1.82, 2.24) is 9.80 Å². The monoisotopic (exact) mass is 502 g/mol. The van der Waals surface area contributed by atoms with E-state index in [1.807, 2.05) is 0 Å². The first-order chi connectivity index (χ1) is 18.0. The van der Waals surface area contributed by atoms with Crippen LogP contribution in [-0.4, -0.2) is 55.7 Å². The molecule has 2 aliphatic heterocycles. The van der Waals surface area contributed by atoms with Crippen LogP contribution in [-0.2, 0) is 19.4 Å². The van der Waals surface area contributed by atoms with Gasteiger partial charge in [-0.1, -0.05) is 37.6 Å². The average Bonchev–Trinajstić information content (AvgIpc) is 3.57. The van der Waals surface area contributed by atoms with Gasteiger partial charge in [0, 0.05) is 24.7 Å². The lowest BCUT2D eigenvalue weighted by molar-refractivity contribution is 0.201. The molecular weight excluding hydrogens is 456 g/mol.